The zero-order chi connectivity index (χ0) is 24.9. The van der Waals surface area contributed by atoms with Crippen LogP contribution in [0.3, 0.4) is 0 Å². The Morgan fingerprint density at radius 3 is 2.69 bits per heavy atom. The number of benzene rings is 2. The molecule has 0 saturated heterocycles. The minimum Gasteiger partial charge on any atom is -0.493 e. The maximum Gasteiger partial charge on any atom is 0.254 e. The van der Waals surface area contributed by atoms with Gasteiger partial charge in [-0.15, -0.1) is 0 Å². The van der Waals surface area contributed by atoms with E-state index in [9.17, 15) is 4.79 Å². The van der Waals surface area contributed by atoms with Gasteiger partial charge in [-0.05, 0) is 69.9 Å². The second kappa shape index (κ2) is 10.9. The van der Waals surface area contributed by atoms with E-state index >= 15 is 0 Å². The van der Waals surface area contributed by atoms with E-state index in [1.54, 1.807) is 17.3 Å². The van der Waals surface area contributed by atoms with Crippen molar-refractivity contribution >= 4 is 28.4 Å². The summed E-state index contributed by atoms with van der Waals surface area (Å²) in [6.45, 7) is 3.22. The van der Waals surface area contributed by atoms with Gasteiger partial charge in [0.2, 0.25) is 0 Å². The van der Waals surface area contributed by atoms with Crippen LogP contribution in [0.4, 0.5) is 0 Å². The second-order valence-electron chi connectivity index (χ2n) is 8.74. The summed E-state index contributed by atoms with van der Waals surface area (Å²) in [4.78, 5) is 22.0. The molecule has 2 heterocycles. The molecular weight excluding hydrogens is 462 g/mol. The van der Waals surface area contributed by atoms with Gasteiger partial charge in [0, 0.05) is 46.5 Å². The number of rotatable bonds is 9. The molecular formula is C27H30ClN5O2. The van der Waals surface area contributed by atoms with Gasteiger partial charge < -0.3 is 14.5 Å². The van der Waals surface area contributed by atoms with Crippen molar-refractivity contribution in [3.8, 4) is 16.9 Å². The van der Waals surface area contributed by atoms with Crippen molar-refractivity contribution in [1.82, 2.24) is 25.0 Å². The highest BCUT2D eigenvalue weighted by Gasteiger charge is 2.26. The number of amides is 1. The van der Waals surface area contributed by atoms with Gasteiger partial charge in [-0.3, -0.25) is 14.9 Å². The topological polar surface area (TPSA) is 74.3 Å². The van der Waals surface area contributed by atoms with Crippen molar-refractivity contribution in [3.05, 3.63) is 77.2 Å². The van der Waals surface area contributed by atoms with Crippen molar-refractivity contribution in [1.29, 1.82) is 0 Å². The maximum atomic E-state index is 13.7. The summed E-state index contributed by atoms with van der Waals surface area (Å²) < 4.78 is 5.93. The number of nitrogens with one attached hydrogen (secondary N) is 1. The number of carbonyl (C=O) groups excluding carboxylic acids is 1. The van der Waals surface area contributed by atoms with Gasteiger partial charge >= 0.3 is 0 Å². The fourth-order valence-electron chi connectivity index (χ4n) is 4.25. The first-order valence-corrected chi connectivity index (χ1v) is 12.0. The molecule has 0 saturated carbocycles. The average molecular weight is 492 g/mol. The van der Waals surface area contributed by atoms with Crippen LogP contribution in [0.15, 0.2) is 61.1 Å². The molecule has 7 nitrogen and oxygen atoms in total. The van der Waals surface area contributed by atoms with Crippen LogP contribution in [-0.4, -0.2) is 65.2 Å². The number of fused-ring (bicyclic) bond motifs is 1. The number of halogens is 1. The van der Waals surface area contributed by atoms with Gasteiger partial charge in [0.05, 0.1) is 24.4 Å². The van der Waals surface area contributed by atoms with Gasteiger partial charge in [-0.1, -0.05) is 23.7 Å². The Labute approximate surface area is 210 Å². The van der Waals surface area contributed by atoms with Gasteiger partial charge in [-0.25, -0.2) is 0 Å². The van der Waals surface area contributed by atoms with E-state index in [0.717, 1.165) is 40.6 Å². The minimum absolute atomic E-state index is 0.0936. The van der Waals surface area contributed by atoms with Crippen molar-refractivity contribution in [2.45, 2.75) is 19.4 Å². The van der Waals surface area contributed by atoms with Crippen molar-refractivity contribution in [2.75, 3.05) is 34.3 Å². The molecule has 1 amide bonds. The normalized spacial score (nSPS) is 12.2. The number of pyridine rings is 1. The zero-order valence-electron chi connectivity index (χ0n) is 20.5. The number of hydrogen-bond acceptors (Lipinski definition) is 5. The molecule has 182 valence electrons. The third-order valence-corrected chi connectivity index (χ3v) is 6.28. The maximum absolute atomic E-state index is 13.7. The highest BCUT2D eigenvalue weighted by molar-refractivity contribution is 6.30. The lowest BCUT2D eigenvalue weighted by molar-refractivity contribution is 0.0716. The highest BCUT2D eigenvalue weighted by Crippen LogP contribution is 2.34. The molecule has 0 radical (unpaired) electrons. The Bertz CT molecular complexity index is 1320. The largest absolute Gasteiger partial charge is 0.493 e. The van der Waals surface area contributed by atoms with Crippen LogP contribution in [0.5, 0.6) is 5.75 Å². The first kappa shape index (κ1) is 24.7. The predicted molar refractivity (Wildman–Crippen MR) is 140 cm³/mol. The SMILES string of the molecule is CCOc1cc(C(=O)N(C)[C@H](CCN(C)C)c2cncc3cn[nH]c23)ccc1-c1cccc(Cl)c1. The molecule has 0 aliphatic carbocycles. The van der Waals surface area contributed by atoms with Crippen LogP contribution in [0.25, 0.3) is 22.0 Å². The van der Waals surface area contributed by atoms with Crippen molar-refractivity contribution < 1.29 is 9.53 Å². The summed E-state index contributed by atoms with van der Waals surface area (Å²) in [6, 6.07) is 13.0. The number of aromatic nitrogens is 3. The molecule has 4 rings (SSSR count). The third-order valence-electron chi connectivity index (χ3n) is 6.05. The number of H-pyrrole nitrogens is 1. The van der Waals surface area contributed by atoms with E-state index in [-0.39, 0.29) is 11.9 Å². The molecule has 0 aliphatic rings. The molecule has 2 aromatic heterocycles. The van der Waals surface area contributed by atoms with Crippen LogP contribution in [0, 0.1) is 0 Å². The van der Waals surface area contributed by atoms with E-state index in [2.05, 4.69) is 20.1 Å². The summed E-state index contributed by atoms with van der Waals surface area (Å²) in [6.07, 6.45) is 6.09. The summed E-state index contributed by atoms with van der Waals surface area (Å²) in [5, 5.41) is 8.81. The van der Waals surface area contributed by atoms with Crippen LogP contribution in [0.1, 0.15) is 35.3 Å². The molecule has 0 fully saturated rings. The Hall–Kier alpha value is -3.42. The highest BCUT2D eigenvalue weighted by atomic mass is 35.5. The predicted octanol–water partition coefficient (Wildman–Crippen LogP) is 5.44. The number of aromatic amines is 1. The van der Waals surface area contributed by atoms with E-state index in [1.807, 2.05) is 76.7 Å². The summed E-state index contributed by atoms with van der Waals surface area (Å²) in [5.74, 6) is 0.556. The molecule has 8 heteroatoms. The lowest BCUT2D eigenvalue weighted by Gasteiger charge is -2.30. The lowest BCUT2D eigenvalue weighted by atomic mass is 9.99. The third kappa shape index (κ3) is 5.47. The Morgan fingerprint density at radius 2 is 1.94 bits per heavy atom. The molecule has 0 aliphatic heterocycles. The molecule has 0 spiro atoms. The van der Waals surface area contributed by atoms with Crippen LogP contribution < -0.4 is 4.74 Å². The number of carbonyl (C=O) groups is 1. The molecule has 1 N–H and O–H groups in total. The number of ether oxygens (including phenoxy) is 1. The Morgan fingerprint density at radius 1 is 1.11 bits per heavy atom. The van der Waals surface area contributed by atoms with E-state index < -0.39 is 0 Å². The summed E-state index contributed by atoms with van der Waals surface area (Å²) in [7, 11) is 5.89. The second-order valence-corrected chi connectivity index (χ2v) is 9.18. The smallest absolute Gasteiger partial charge is 0.254 e. The van der Waals surface area contributed by atoms with Crippen LogP contribution in [-0.2, 0) is 0 Å². The van der Waals surface area contributed by atoms with Gasteiger partial charge in [0.15, 0.2) is 0 Å². The molecule has 4 aromatic rings. The first-order valence-electron chi connectivity index (χ1n) is 11.6. The standard InChI is InChI=1S/C27H30ClN5O2/c1-5-35-25-14-19(9-10-22(25)18-7-6-8-21(28)13-18)27(34)33(4)24(11-12-32(2)3)23-17-29-15-20-16-30-31-26(20)23/h6-10,13-17,24H,5,11-12H2,1-4H3,(H,30,31)/t24-/m1/s1. The average Bonchev–Trinajstić information content (AvgIpc) is 3.33. The van der Waals surface area contributed by atoms with E-state index in [1.165, 1.54) is 0 Å². The van der Waals surface area contributed by atoms with Gasteiger partial charge in [0.25, 0.3) is 5.91 Å². The van der Waals surface area contributed by atoms with E-state index in [0.29, 0.717) is 22.9 Å². The minimum atomic E-state index is -0.190. The van der Waals surface area contributed by atoms with Crippen LogP contribution >= 0.6 is 11.6 Å². The molecule has 0 unspecified atom stereocenters. The van der Waals surface area contributed by atoms with Crippen molar-refractivity contribution in [3.63, 3.8) is 0 Å². The lowest BCUT2D eigenvalue weighted by Crippen LogP contribution is -2.33. The summed E-state index contributed by atoms with van der Waals surface area (Å²) in [5.41, 5.74) is 4.23. The summed E-state index contributed by atoms with van der Waals surface area (Å²) >= 11 is 6.21. The molecule has 35 heavy (non-hydrogen) atoms. The number of hydrogen-bond donors (Lipinski definition) is 1. The Balaban J connectivity index is 1.70. The van der Waals surface area contributed by atoms with E-state index in [4.69, 9.17) is 16.3 Å². The fraction of sp³-hybridized carbons (Fsp3) is 0.296. The fourth-order valence-corrected chi connectivity index (χ4v) is 4.44. The quantitative estimate of drug-likeness (QED) is 0.337. The molecule has 0 bridgehead atoms. The number of nitrogens with zero attached hydrogens (tertiary/aromatic N) is 4. The molecule has 1 atom stereocenters. The Kier molecular flexibility index (Phi) is 7.68. The zero-order valence-corrected chi connectivity index (χ0v) is 21.2. The van der Waals surface area contributed by atoms with Gasteiger partial charge in [0.1, 0.15) is 5.75 Å². The van der Waals surface area contributed by atoms with Crippen LogP contribution in [0.2, 0.25) is 5.02 Å². The van der Waals surface area contributed by atoms with Gasteiger partial charge in [-0.2, -0.15) is 5.10 Å². The first-order chi connectivity index (χ1) is 16.9. The molecule has 2 aromatic carbocycles. The van der Waals surface area contributed by atoms with Crippen molar-refractivity contribution in [2.24, 2.45) is 0 Å². The monoisotopic (exact) mass is 491 g/mol.